The van der Waals surface area contributed by atoms with Crippen LogP contribution >= 0.6 is 24.0 Å². The number of para-hydroxylation sites is 1. The Morgan fingerprint density at radius 1 is 1.23 bits per heavy atom. The lowest BCUT2D eigenvalue weighted by Crippen LogP contribution is -2.48. The van der Waals surface area contributed by atoms with Gasteiger partial charge < -0.3 is 19.9 Å². The van der Waals surface area contributed by atoms with Crippen LogP contribution in [0.25, 0.3) is 0 Å². The Bertz CT molecular complexity index is 554. The number of rotatable bonds is 6. The fourth-order valence-electron chi connectivity index (χ4n) is 3.47. The van der Waals surface area contributed by atoms with Crippen LogP contribution in [-0.4, -0.2) is 63.1 Å². The monoisotopic (exact) mass is 474 g/mol. The van der Waals surface area contributed by atoms with Gasteiger partial charge in [0.2, 0.25) is 0 Å². The highest BCUT2D eigenvalue weighted by Gasteiger charge is 2.24. The van der Waals surface area contributed by atoms with Gasteiger partial charge in [0.25, 0.3) is 0 Å². The van der Waals surface area contributed by atoms with Crippen LogP contribution in [0.4, 0.5) is 0 Å². The minimum absolute atomic E-state index is 0. The highest BCUT2D eigenvalue weighted by atomic mass is 127. The minimum Gasteiger partial charge on any atom is -0.492 e. The predicted molar refractivity (Wildman–Crippen MR) is 121 cm³/mol. The van der Waals surface area contributed by atoms with Gasteiger partial charge >= 0.3 is 0 Å². The van der Waals surface area contributed by atoms with Crippen LogP contribution in [-0.2, 0) is 6.54 Å². The topological polar surface area (TPSA) is 40.1 Å². The second kappa shape index (κ2) is 11.6. The van der Waals surface area contributed by atoms with Crippen LogP contribution < -0.4 is 10.1 Å². The average molecular weight is 474 g/mol. The van der Waals surface area contributed by atoms with Gasteiger partial charge in [-0.2, -0.15) is 0 Å². The molecule has 26 heavy (non-hydrogen) atoms. The zero-order valence-corrected chi connectivity index (χ0v) is 19.2. The van der Waals surface area contributed by atoms with Gasteiger partial charge in [0.1, 0.15) is 12.4 Å². The number of hydrogen-bond acceptors (Lipinski definition) is 3. The molecule has 1 heterocycles. The first-order valence-corrected chi connectivity index (χ1v) is 9.30. The molecule has 0 saturated carbocycles. The number of aliphatic imine (C=N–C) groups is 1. The van der Waals surface area contributed by atoms with Crippen LogP contribution in [0.15, 0.2) is 29.3 Å². The molecule has 1 fully saturated rings. The average Bonchev–Trinajstić information content (AvgIpc) is 2.55. The molecule has 2 unspecified atom stereocenters. The summed E-state index contributed by atoms with van der Waals surface area (Å²) in [6.07, 6.45) is 1.30. The SMILES string of the molecule is CN=C(NCc1ccccc1OCCN(C)C)N1CC(C)CC(C)C1.I. The quantitative estimate of drug-likeness (QED) is 0.390. The first-order chi connectivity index (χ1) is 12.0. The molecule has 1 aliphatic heterocycles. The van der Waals surface area contributed by atoms with E-state index in [9.17, 15) is 0 Å². The van der Waals surface area contributed by atoms with Crippen molar-refractivity contribution in [1.29, 1.82) is 0 Å². The lowest BCUT2D eigenvalue weighted by atomic mass is 9.92. The van der Waals surface area contributed by atoms with Crippen LogP contribution in [0, 0.1) is 11.8 Å². The summed E-state index contributed by atoms with van der Waals surface area (Å²) >= 11 is 0. The highest BCUT2D eigenvalue weighted by Crippen LogP contribution is 2.21. The van der Waals surface area contributed by atoms with Crippen molar-refractivity contribution in [2.24, 2.45) is 16.8 Å². The largest absolute Gasteiger partial charge is 0.492 e. The fraction of sp³-hybridized carbons (Fsp3) is 0.650. The molecule has 0 amide bonds. The van der Waals surface area contributed by atoms with Gasteiger partial charge in [-0.1, -0.05) is 32.0 Å². The Balaban J connectivity index is 0.00000338. The van der Waals surface area contributed by atoms with E-state index in [0.717, 1.165) is 37.9 Å². The molecule has 0 radical (unpaired) electrons. The van der Waals surface area contributed by atoms with Gasteiger partial charge in [0.15, 0.2) is 5.96 Å². The molecular formula is C20H35IN4O. The third kappa shape index (κ3) is 7.31. The van der Waals surface area contributed by atoms with Crippen molar-refractivity contribution in [3.8, 4) is 5.75 Å². The van der Waals surface area contributed by atoms with E-state index in [1.165, 1.54) is 12.0 Å². The smallest absolute Gasteiger partial charge is 0.193 e. The lowest BCUT2D eigenvalue weighted by Gasteiger charge is -2.37. The molecule has 1 aliphatic rings. The Morgan fingerprint density at radius 2 is 1.88 bits per heavy atom. The van der Waals surface area contributed by atoms with Gasteiger partial charge in [-0.05, 0) is 38.4 Å². The standard InChI is InChI=1S/C20H34N4O.HI/c1-16-12-17(2)15-24(14-16)20(21-3)22-13-18-8-6-7-9-19(18)25-11-10-23(4)5;/h6-9,16-17H,10-15H2,1-5H3,(H,21,22);1H. The van der Waals surface area contributed by atoms with Crippen molar-refractivity contribution in [1.82, 2.24) is 15.1 Å². The predicted octanol–water partition coefficient (Wildman–Crippen LogP) is 3.30. The Kier molecular flexibility index (Phi) is 10.3. The normalized spacial score (nSPS) is 20.7. The molecule has 0 bridgehead atoms. The summed E-state index contributed by atoms with van der Waals surface area (Å²) in [5.41, 5.74) is 1.17. The van der Waals surface area contributed by atoms with Crippen LogP contribution in [0.2, 0.25) is 0 Å². The van der Waals surface area contributed by atoms with E-state index < -0.39 is 0 Å². The summed E-state index contributed by atoms with van der Waals surface area (Å²) in [7, 11) is 5.98. The Morgan fingerprint density at radius 3 is 2.50 bits per heavy atom. The molecule has 0 spiro atoms. The number of nitrogens with zero attached hydrogens (tertiary/aromatic N) is 3. The first kappa shape index (κ1) is 23.0. The number of nitrogens with one attached hydrogen (secondary N) is 1. The van der Waals surface area contributed by atoms with Gasteiger partial charge in [0, 0.05) is 38.8 Å². The van der Waals surface area contributed by atoms with Gasteiger partial charge in [-0.3, -0.25) is 4.99 Å². The number of guanidine groups is 1. The number of ether oxygens (including phenoxy) is 1. The number of hydrogen-bond donors (Lipinski definition) is 1. The zero-order valence-electron chi connectivity index (χ0n) is 16.9. The molecule has 0 aromatic heterocycles. The summed E-state index contributed by atoms with van der Waals surface area (Å²) in [6, 6.07) is 8.24. The van der Waals surface area contributed by atoms with E-state index in [1.807, 2.05) is 19.2 Å². The molecule has 2 rings (SSSR count). The molecule has 0 aliphatic carbocycles. The highest BCUT2D eigenvalue weighted by molar-refractivity contribution is 14.0. The van der Waals surface area contributed by atoms with Crippen molar-refractivity contribution >= 4 is 29.9 Å². The lowest BCUT2D eigenvalue weighted by molar-refractivity contribution is 0.208. The maximum Gasteiger partial charge on any atom is 0.193 e. The Hall–Kier alpha value is -1.02. The third-order valence-corrected chi connectivity index (χ3v) is 4.59. The molecule has 1 aromatic carbocycles. The van der Waals surface area contributed by atoms with E-state index in [0.29, 0.717) is 18.4 Å². The Labute approximate surface area is 176 Å². The molecule has 1 N–H and O–H groups in total. The first-order valence-electron chi connectivity index (χ1n) is 9.30. The minimum atomic E-state index is 0. The molecule has 5 nitrogen and oxygen atoms in total. The van der Waals surface area contributed by atoms with Gasteiger partial charge in [-0.15, -0.1) is 24.0 Å². The maximum absolute atomic E-state index is 5.96. The van der Waals surface area contributed by atoms with Crippen LogP contribution in [0.5, 0.6) is 5.75 Å². The van der Waals surface area contributed by atoms with Crippen LogP contribution in [0.3, 0.4) is 0 Å². The van der Waals surface area contributed by atoms with Crippen molar-refractivity contribution in [3.63, 3.8) is 0 Å². The molecular weight excluding hydrogens is 439 g/mol. The summed E-state index contributed by atoms with van der Waals surface area (Å²) in [5, 5.41) is 3.52. The van der Waals surface area contributed by atoms with E-state index in [-0.39, 0.29) is 24.0 Å². The summed E-state index contributed by atoms with van der Waals surface area (Å²) < 4.78 is 5.96. The van der Waals surface area contributed by atoms with Crippen LogP contribution in [0.1, 0.15) is 25.8 Å². The number of halogens is 1. The second-order valence-electron chi connectivity index (χ2n) is 7.51. The number of piperidine rings is 1. The van der Waals surface area contributed by atoms with Crippen molar-refractivity contribution in [2.75, 3.05) is 47.4 Å². The van der Waals surface area contributed by atoms with E-state index in [1.54, 1.807) is 0 Å². The van der Waals surface area contributed by atoms with Gasteiger partial charge in [-0.25, -0.2) is 0 Å². The third-order valence-electron chi connectivity index (χ3n) is 4.59. The molecule has 1 aromatic rings. The van der Waals surface area contributed by atoms with E-state index in [2.05, 4.69) is 60.2 Å². The van der Waals surface area contributed by atoms with E-state index >= 15 is 0 Å². The van der Waals surface area contributed by atoms with Crippen molar-refractivity contribution in [2.45, 2.75) is 26.8 Å². The summed E-state index contributed by atoms with van der Waals surface area (Å²) in [4.78, 5) is 9.00. The second-order valence-corrected chi connectivity index (χ2v) is 7.51. The van der Waals surface area contributed by atoms with Crippen molar-refractivity contribution < 1.29 is 4.74 Å². The summed E-state index contributed by atoms with van der Waals surface area (Å²) in [6.45, 7) is 9.13. The molecule has 1 saturated heterocycles. The molecule has 6 heteroatoms. The zero-order chi connectivity index (χ0) is 18.2. The number of benzene rings is 1. The molecule has 2 atom stereocenters. The van der Waals surface area contributed by atoms with Gasteiger partial charge in [0.05, 0.1) is 0 Å². The fourth-order valence-corrected chi connectivity index (χ4v) is 3.47. The maximum atomic E-state index is 5.96. The number of likely N-dealkylation sites (tertiary alicyclic amines) is 1. The molecule has 148 valence electrons. The van der Waals surface area contributed by atoms with Crippen molar-refractivity contribution in [3.05, 3.63) is 29.8 Å². The summed E-state index contributed by atoms with van der Waals surface area (Å²) in [5.74, 6) is 3.36. The van der Waals surface area contributed by atoms with E-state index in [4.69, 9.17) is 4.74 Å². The number of likely N-dealkylation sites (N-methyl/N-ethyl adjacent to an activating group) is 1.